The summed E-state index contributed by atoms with van der Waals surface area (Å²) < 4.78 is 0. The minimum absolute atomic E-state index is 1.05. The molecule has 134 valence electrons. The van der Waals surface area contributed by atoms with E-state index in [1.54, 1.807) is 25.7 Å². The van der Waals surface area contributed by atoms with E-state index in [0.29, 0.717) is 0 Å². The van der Waals surface area contributed by atoms with Crippen LogP contribution in [0.15, 0.2) is 0 Å². The number of hydrogen-bond acceptors (Lipinski definition) is 0. The Bertz CT molecular complexity index is 194. The molecule has 2 saturated carbocycles. The summed E-state index contributed by atoms with van der Waals surface area (Å²) in [5.74, 6) is 6.37. The zero-order chi connectivity index (χ0) is 17.1. The highest BCUT2D eigenvalue weighted by Gasteiger charge is 2.41. The van der Waals surface area contributed by atoms with Crippen LogP contribution in [-0.4, -0.2) is 0 Å². The minimum Gasteiger partial charge on any atom is -0.0683 e. The van der Waals surface area contributed by atoms with Crippen LogP contribution in [0.3, 0.4) is 0 Å². The highest BCUT2D eigenvalue weighted by atomic mass is 14.5. The van der Waals surface area contributed by atoms with Crippen molar-refractivity contribution in [2.75, 3.05) is 0 Å². The molecule has 0 N–H and O–H groups in total. The molecule has 0 aromatic carbocycles. The molecule has 0 heterocycles. The van der Waals surface area contributed by atoms with Crippen LogP contribution < -0.4 is 0 Å². The van der Waals surface area contributed by atoms with Gasteiger partial charge in [0.2, 0.25) is 0 Å². The predicted molar refractivity (Wildman–Crippen MR) is 103 cm³/mol. The third-order valence-corrected chi connectivity index (χ3v) is 6.52. The van der Waals surface area contributed by atoms with Crippen LogP contribution in [0.4, 0.5) is 0 Å². The molecule has 0 nitrogen and oxygen atoms in total. The molecule has 0 aromatic rings. The molecule has 0 spiro atoms. The van der Waals surface area contributed by atoms with Crippen LogP contribution in [0.5, 0.6) is 0 Å². The van der Waals surface area contributed by atoms with Gasteiger partial charge in [-0.3, -0.25) is 0 Å². The van der Waals surface area contributed by atoms with E-state index in [2.05, 4.69) is 27.7 Å². The third-order valence-electron chi connectivity index (χ3n) is 6.52. The van der Waals surface area contributed by atoms with E-state index in [4.69, 9.17) is 0 Å². The lowest BCUT2D eigenvalue weighted by molar-refractivity contribution is 0.0200. The average Bonchev–Trinajstić information content (AvgIpc) is 2.62. The molecule has 2 rings (SSSR count). The summed E-state index contributed by atoms with van der Waals surface area (Å²) in [6.45, 7) is 17.7. The lowest BCUT2D eigenvalue weighted by atomic mass is 9.57. The highest BCUT2D eigenvalue weighted by Crippen LogP contribution is 2.51. The summed E-state index contributed by atoms with van der Waals surface area (Å²) in [6, 6.07) is 0. The van der Waals surface area contributed by atoms with E-state index in [-0.39, 0.29) is 0 Å². The van der Waals surface area contributed by atoms with Crippen molar-refractivity contribution in [1.82, 2.24) is 0 Å². The molecule has 0 aromatic heterocycles. The fourth-order valence-electron chi connectivity index (χ4n) is 5.29. The van der Waals surface area contributed by atoms with Crippen LogP contribution in [-0.2, 0) is 0 Å². The SMILES string of the molecule is CC.CC.CCC1CC2CC(CC)C(CC)CC2CC1CC. The van der Waals surface area contributed by atoms with Crippen LogP contribution in [0.25, 0.3) is 0 Å². The first kappa shape index (κ1) is 22.0. The first-order chi connectivity index (χ1) is 10.7. The molecule has 0 radical (unpaired) electrons. The zero-order valence-electron chi connectivity index (χ0n) is 17.1. The summed E-state index contributed by atoms with van der Waals surface area (Å²) in [6.07, 6.45) is 12.0. The molecule has 2 aliphatic carbocycles. The van der Waals surface area contributed by atoms with E-state index in [0.717, 1.165) is 35.5 Å². The van der Waals surface area contributed by atoms with Crippen molar-refractivity contribution in [3.63, 3.8) is 0 Å². The fourth-order valence-corrected chi connectivity index (χ4v) is 5.29. The molecule has 22 heavy (non-hydrogen) atoms. The highest BCUT2D eigenvalue weighted by molar-refractivity contribution is 4.91. The lowest BCUT2D eigenvalue weighted by Gasteiger charge is -2.48. The van der Waals surface area contributed by atoms with E-state index in [1.165, 1.54) is 25.7 Å². The van der Waals surface area contributed by atoms with Crippen molar-refractivity contribution in [3.05, 3.63) is 0 Å². The molecular weight excluding hydrogens is 264 g/mol. The molecule has 0 bridgehead atoms. The molecule has 2 aliphatic rings. The van der Waals surface area contributed by atoms with Gasteiger partial charge < -0.3 is 0 Å². The molecule has 0 amide bonds. The van der Waals surface area contributed by atoms with Gasteiger partial charge >= 0.3 is 0 Å². The quantitative estimate of drug-likeness (QED) is 0.494. The Morgan fingerprint density at radius 1 is 0.455 bits per heavy atom. The molecular formula is C22H46. The van der Waals surface area contributed by atoms with Crippen LogP contribution in [0, 0.1) is 35.5 Å². The summed E-state index contributed by atoms with van der Waals surface area (Å²) in [7, 11) is 0. The smallest absolute Gasteiger partial charge is 0.0380 e. The Kier molecular flexibility index (Phi) is 12.4. The Morgan fingerprint density at radius 3 is 0.773 bits per heavy atom. The fraction of sp³-hybridized carbons (Fsp3) is 1.00. The Labute approximate surface area is 142 Å². The number of hydrogen-bond donors (Lipinski definition) is 0. The lowest BCUT2D eigenvalue weighted by Crippen LogP contribution is -2.39. The van der Waals surface area contributed by atoms with Gasteiger partial charge in [-0.2, -0.15) is 0 Å². The molecule has 2 fully saturated rings. The summed E-state index contributed by atoms with van der Waals surface area (Å²) in [5.41, 5.74) is 0. The normalized spacial score (nSPS) is 37.1. The van der Waals surface area contributed by atoms with Gasteiger partial charge in [0.1, 0.15) is 0 Å². The van der Waals surface area contributed by atoms with E-state index >= 15 is 0 Å². The first-order valence-corrected chi connectivity index (χ1v) is 10.7. The van der Waals surface area contributed by atoms with Gasteiger partial charge in [0, 0.05) is 0 Å². The second-order valence-electron chi connectivity index (χ2n) is 7.14. The Balaban J connectivity index is 0.00000102. The van der Waals surface area contributed by atoms with Crippen LogP contribution >= 0.6 is 0 Å². The number of rotatable bonds is 4. The predicted octanol–water partition coefficient (Wildman–Crippen LogP) is 7.96. The Hall–Kier alpha value is 0. The topological polar surface area (TPSA) is 0 Å². The summed E-state index contributed by atoms with van der Waals surface area (Å²) >= 11 is 0. The second-order valence-corrected chi connectivity index (χ2v) is 7.14. The maximum absolute atomic E-state index is 2.42. The first-order valence-electron chi connectivity index (χ1n) is 10.7. The van der Waals surface area contributed by atoms with Gasteiger partial charge in [-0.15, -0.1) is 0 Å². The van der Waals surface area contributed by atoms with Gasteiger partial charge in [-0.1, -0.05) is 81.1 Å². The maximum Gasteiger partial charge on any atom is -0.0380 e. The second kappa shape index (κ2) is 12.4. The molecule has 4 unspecified atom stereocenters. The van der Waals surface area contributed by atoms with E-state index in [1.807, 2.05) is 27.7 Å². The molecule has 0 aliphatic heterocycles. The number of fused-ring (bicyclic) bond motifs is 1. The molecule has 0 heteroatoms. The largest absolute Gasteiger partial charge is 0.0683 e. The van der Waals surface area contributed by atoms with Gasteiger partial charge in [0.15, 0.2) is 0 Å². The Morgan fingerprint density at radius 2 is 0.636 bits per heavy atom. The van der Waals surface area contributed by atoms with Gasteiger partial charge in [-0.05, 0) is 61.2 Å². The van der Waals surface area contributed by atoms with E-state index in [9.17, 15) is 0 Å². The maximum atomic E-state index is 2.42. The molecule has 0 saturated heterocycles. The van der Waals surface area contributed by atoms with Gasteiger partial charge in [-0.25, -0.2) is 0 Å². The van der Waals surface area contributed by atoms with Crippen molar-refractivity contribution < 1.29 is 0 Å². The average molecular weight is 311 g/mol. The third kappa shape index (κ3) is 5.57. The minimum atomic E-state index is 1.05. The zero-order valence-corrected chi connectivity index (χ0v) is 17.1. The van der Waals surface area contributed by atoms with Crippen LogP contribution in [0.2, 0.25) is 0 Å². The van der Waals surface area contributed by atoms with Crippen molar-refractivity contribution >= 4 is 0 Å². The van der Waals surface area contributed by atoms with Gasteiger partial charge in [0.25, 0.3) is 0 Å². The van der Waals surface area contributed by atoms with Crippen molar-refractivity contribution in [1.29, 1.82) is 0 Å². The summed E-state index contributed by atoms with van der Waals surface area (Å²) in [4.78, 5) is 0. The standard InChI is InChI=1S/C18H34.2C2H6/c1-5-13-9-17-11-15(7-3)16(8-4)12-18(17)10-14(13)6-2;2*1-2/h13-18H,5-12H2,1-4H3;2*1-2H3. The van der Waals surface area contributed by atoms with E-state index < -0.39 is 0 Å². The van der Waals surface area contributed by atoms with Crippen molar-refractivity contribution in [2.45, 2.75) is 107 Å². The summed E-state index contributed by atoms with van der Waals surface area (Å²) in [5, 5.41) is 0. The molecule has 4 atom stereocenters. The monoisotopic (exact) mass is 310 g/mol. The van der Waals surface area contributed by atoms with Crippen molar-refractivity contribution in [2.24, 2.45) is 35.5 Å². The van der Waals surface area contributed by atoms with Crippen molar-refractivity contribution in [3.8, 4) is 0 Å². The van der Waals surface area contributed by atoms with Gasteiger partial charge in [0.05, 0.1) is 0 Å². The van der Waals surface area contributed by atoms with Crippen LogP contribution in [0.1, 0.15) is 107 Å².